The fourth-order valence-corrected chi connectivity index (χ4v) is 4.13. The zero-order chi connectivity index (χ0) is 15.1. The third kappa shape index (κ3) is 2.89. The molecule has 0 aliphatic carbocycles. The van der Waals surface area contributed by atoms with Crippen LogP contribution in [-0.2, 0) is 11.5 Å². The lowest BCUT2D eigenvalue weighted by Crippen LogP contribution is -2.28. The number of nitriles is 1. The Kier molecular flexibility index (Phi) is 4.23. The topological polar surface area (TPSA) is 50.8 Å². The molecule has 106 valence electrons. The second kappa shape index (κ2) is 5.46. The van der Waals surface area contributed by atoms with E-state index in [9.17, 15) is 5.26 Å². The van der Waals surface area contributed by atoms with Crippen molar-refractivity contribution < 1.29 is 4.43 Å². The highest BCUT2D eigenvalue weighted by atomic mass is 127. The maximum Gasteiger partial charge on any atom is 0.186 e. The predicted octanol–water partition coefficient (Wildman–Crippen LogP) is 3.90. The summed E-state index contributed by atoms with van der Waals surface area (Å²) in [6.07, 6.45) is 1.45. The quantitative estimate of drug-likeness (QED) is 0.581. The van der Waals surface area contributed by atoms with E-state index in [0.717, 1.165) is 25.9 Å². The minimum absolute atomic E-state index is 0.536. The summed E-state index contributed by atoms with van der Waals surface area (Å²) in [6, 6.07) is 4.33. The Balaban J connectivity index is 2.62. The Hall–Kier alpha value is -0.913. The second-order valence-electron chi connectivity index (χ2n) is 5.83. The van der Waals surface area contributed by atoms with Crippen molar-refractivity contribution in [2.45, 2.75) is 32.7 Å². The van der Waals surface area contributed by atoms with E-state index < -0.39 is 14.4 Å². The van der Waals surface area contributed by atoms with Crippen LogP contribution >= 0.6 is 22.6 Å². The highest BCUT2D eigenvalue weighted by Gasteiger charge is 2.27. The molecule has 4 nitrogen and oxygen atoms in total. The lowest BCUT2D eigenvalue weighted by molar-refractivity contribution is 0.253. The molecule has 1 unspecified atom stereocenters. The van der Waals surface area contributed by atoms with E-state index in [0.29, 0.717) is 0 Å². The molecule has 0 saturated heterocycles. The summed E-state index contributed by atoms with van der Waals surface area (Å²) in [5.74, 6) is 0. The molecular formula is C14H18IN3OSi. The van der Waals surface area contributed by atoms with Gasteiger partial charge in [-0.2, -0.15) is 5.26 Å². The van der Waals surface area contributed by atoms with Gasteiger partial charge in [0, 0.05) is 33.5 Å². The summed E-state index contributed by atoms with van der Waals surface area (Å²) in [6.45, 7) is 8.22. The smallest absolute Gasteiger partial charge is 0.186 e. The molecule has 0 bridgehead atoms. The highest BCUT2D eigenvalue weighted by Crippen LogP contribution is 2.32. The van der Waals surface area contributed by atoms with Crippen molar-refractivity contribution in [1.29, 1.82) is 5.26 Å². The van der Waals surface area contributed by atoms with E-state index >= 15 is 0 Å². The Labute approximate surface area is 134 Å². The van der Waals surface area contributed by atoms with Gasteiger partial charge in [-0.3, -0.25) is 0 Å². The molecule has 2 heterocycles. The van der Waals surface area contributed by atoms with E-state index in [-0.39, 0.29) is 0 Å². The van der Waals surface area contributed by atoms with Crippen LogP contribution in [-0.4, -0.2) is 17.9 Å². The van der Waals surface area contributed by atoms with Crippen molar-refractivity contribution in [2.24, 2.45) is 7.05 Å². The molecule has 0 fully saturated rings. The molecule has 0 radical (unpaired) electrons. The van der Waals surface area contributed by atoms with Gasteiger partial charge in [-0.25, -0.2) is 4.98 Å². The van der Waals surface area contributed by atoms with Gasteiger partial charge in [0.15, 0.2) is 14.4 Å². The van der Waals surface area contributed by atoms with E-state index in [4.69, 9.17) is 4.43 Å². The van der Waals surface area contributed by atoms with Crippen LogP contribution in [0.2, 0.25) is 19.6 Å². The summed E-state index contributed by atoms with van der Waals surface area (Å²) in [5.41, 5.74) is 2.73. The Morgan fingerprint density at radius 2 is 2.10 bits per heavy atom. The molecule has 1 atom stereocenters. The predicted molar refractivity (Wildman–Crippen MR) is 91.0 cm³/mol. The summed E-state index contributed by atoms with van der Waals surface area (Å²) in [5, 5.41) is 10.6. The molecule has 6 heteroatoms. The van der Waals surface area contributed by atoms with Crippen LogP contribution in [0.25, 0.3) is 11.0 Å². The van der Waals surface area contributed by atoms with Gasteiger partial charge < -0.3 is 8.99 Å². The summed E-state index contributed by atoms with van der Waals surface area (Å²) in [4.78, 5) is 4.64. The van der Waals surface area contributed by atoms with Crippen LogP contribution < -0.4 is 0 Å². The first kappa shape index (κ1) is 15.5. The Morgan fingerprint density at radius 3 is 2.65 bits per heavy atom. The molecule has 0 spiro atoms. The van der Waals surface area contributed by atoms with E-state index in [1.807, 2.05) is 30.8 Å². The molecule has 0 amide bonds. The Morgan fingerprint density at radius 1 is 1.45 bits per heavy atom. The average Bonchev–Trinajstić information content (AvgIpc) is 2.68. The lowest BCUT2D eigenvalue weighted by atomic mass is 10.1. The SMILES string of the molecule is Cc1nc2c(ccn2C)c(I)c1C(C#N)O[Si](C)(C)C. The normalized spacial score (nSPS) is 13.4. The monoisotopic (exact) mass is 399 g/mol. The van der Waals surface area contributed by atoms with Crippen molar-refractivity contribution >= 4 is 41.9 Å². The van der Waals surface area contributed by atoms with Crippen molar-refractivity contribution in [3.63, 3.8) is 0 Å². The van der Waals surface area contributed by atoms with Crippen LogP contribution in [0.15, 0.2) is 12.3 Å². The zero-order valence-corrected chi connectivity index (χ0v) is 15.5. The molecular weight excluding hydrogens is 381 g/mol. The molecule has 2 aromatic rings. The van der Waals surface area contributed by atoms with Crippen LogP contribution in [0.4, 0.5) is 0 Å². The number of hydrogen-bond acceptors (Lipinski definition) is 3. The number of fused-ring (bicyclic) bond motifs is 1. The van der Waals surface area contributed by atoms with Crippen molar-refractivity contribution in [3.8, 4) is 6.07 Å². The molecule has 0 aliphatic heterocycles. The first-order valence-electron chi connectivity index (χ1n) is 6.43. The van der Waals surface area contributed by atoms with Crippen LogP contribution in [0.1, 0.15) is 17.4 Å². The number of aromatic nitrogens is 2. The van der Waals surface area contributed by atoms with Gasteiger partial charge in [0.1, 0.15) is 5.65 Å². The third-order valence-electron chi connectivity index (χ3n) is 3.03. The number of hydrogen-bond donors (Lipinski definition) is 0. The van der Waals surface area contributed by atoms with Crippen molar-refractivity contribution in [3.05, 3.63) is 27.1 Å². The lowest BCUT2D eigenvalue weighted by Gasteiger charge is -2.23. The van der Waals surface area contributed by atoms with Gasteiger partial charge in [-0.05, 0) is 55.2 Å². The number of halogens is 1. The molecule has 0 aliphatic rings. The Bertz CT molecular complexity index is 697. The highest BCUT2D eigenvalue weighted by molar-refractivity contribution is 14.1. The number of nitrogens with zero attached hydrogens (tertiary/aromatic N) is 3. The van der Waals surface area contributed by atoms with Gasteiger partial charge in [0.25, 0.3) is 0 Å². The number of rotatable bonds is 3. The maximum absolute atomic E-state index is 9.48. The average molecular weight is 399 g/mol. The molecule has 2 rings (SSSR count). The number of aryl methyl sites for hydroxylation is 2. The maximum atomic E-state index is 9.48. The fourth-order valence-electron chi connectivity index (χ4n) is 2.16. The van der Waals surface area contributed by atoms with Crippen LogP contribution in [0.3, 0.4) is 0 Å². The van der Waals surface area contributed by atoms with Crippen LogP contribution in [0, 0.1) is 21.8 Å². The van der Waals surface area contributed by atoms with Gasteiger partial charge in [0.05, 0.1) is 6.07 Å². The fraction of sp³-hybridized carbons (Fsp3) is 0.429. The standard InChI is InChI=1S/C14H18IN3OSi/c1-9-12(11(8-16)19-20(3,4)5)13(15)10-6-7-18(2)14(10)17-9/h6-7,11H,1-5H3. The van der Waals surface area contributed by atoms with Crippen molar-refractivity contribution in [2.75, 3.05) is 0 Å². The van der Waals surface area contributed by atoms with E-state index in [1.54, 1.807) is 0 Å². The molecule has 0 aromatic carbocycles. The van der Waals surface area contributed by atoms with Gasteiger partial charge in [-0.1, -0.05) is 0 Å². The van der Waals surface area contributed by atoms with Crippen LogP contribution in [0.5, 0.6) is 0 Å². The summed E-state index contributed by atoms with van der Waals surface area (Å²) in [7, 11) is 0.186. The zero-order valence-electron chi connectivity index (χ0n) is 12.4. The molecule has 0 saturated carbocycles. The number of pyridine rings is 1. The first-order chi connectivity index (χ1) is 9.24. The third-order valence-corrected chi connectivity index (χ3v) is 5.13. The minimum Gasteiger partial charge on any atom is -0.399 e. The van der Waals surface area contributed by atoms with E-state index in [1.165, 1.54) is 0 Å². The van der Waals surface area contributed by atoms with Crippen molar-refractivity contribution in [1.82, 2.24) is 9.55 Å². The van der Waals surface area contributed by atoms with Gasteiger partial charge >= 0.3 is 0 Å². The van der Waals surface area contributed by atoms with E-state index in [2.05, 4.69) is 53.3 Å². The molecule has 0 N–H and O–H groups in total. The summed E-state index contributed by atoms with van der Waals surface area (Å²) < 4.78 is 9.08. The largest absolute Gasteiger partial charge is 0.399 e. The minimum atomic E-state index is -1.79. The molecule has 2 aromatic heterocycles. The van der Waals surface area contributed by atoms with Gasteiger partial charge in [-0.15, -0.1) is 0 Å². The molecule has 20 heavy (non-hydrogen) atoms. The van der Waals surface area contributed by atoms with Gasteiger partial charge in [0.2, 0.25) is 0 Å². The second-order valence-corrected chi connectivity index (χ2v) is 11.4. The first-order valence-corrected chi connectivity index (χ1v) is 10.9. The summed E-state index contributed by atoms with van der Waals surface area (Å²) >= 11 is 2.30.